The van der Waals surface area contributed by atoms with E-state index in [1.165, 1.54) is 6.07 Å². The maximum atomic E-state index is 12.6. The quantitative estimate of drug-likeness (QED) is 0.263. The maximum absolute atomic E-state index is 12.6. The minimum Gasteiger partial charge on any atom is -0.490 e. The van der Waals surface area contributed by atoms with E-state index in [9.17, 15) is 18.0 Å². The van der Waals surface area contributed by atoms with Gasteiger partial charge in [0.1, 0.15) is 18.2 Å². The molecule has 11 heteroatoms. The van der Waals surface area contributed by atoms with Crippen molar-refractivity contribution >= 4 is 33.5 Å². The van der Waals surface area contributed by atoms with Crippen LogP contribution in [0.4, 0.5) is 19.0 Å². The smallest absolute Gasteiger partial charge is 0.490 e. The van der Waals surface area contributed by atoms with E-state index in [1.54, 1.807) is 36.7 Å². The Morgan fingerprint density at radius 1 is 1.03 bits per heavy atom. The highest BCUT2D eigenvalue weighted by molar-refractivity contribution is 5.95. The number of ether oxygens (including phenoxy) is 2. The molecule has 5 aromatic rings. The Kier molecular flexibility index (Phi) is 6.60. The molecule has 0 aliphatic carbocycles. The van der Waals surface area contributed by atoms with Gasteiger partial charge in [0, 0.05) is 46.4 Å². The third kappa shape index (κ3) is 5.37. The van der Waals surface area contributed by atoms with Crippen LogP contribution in [-0.4, -0.2) is 39.7 Å². The monoisotopic (exact) mass is 521 g/mol. The van der Waals surface area contributed by atoms with Crippen molar-refractivity contribution in [2.75, 3.05) is 12.3 Å². The largest absolute Gasteiger partial charge is 0.491 e. The molecule has 0 bridgehead atoms. The van der Waals surface area contributed by atoms with Crippen molar-refractivity contribution in [2.45, 2.75) is 18.6 Å². The van der Waals surface area contributed by atoms with E-state index in [2.05, 4.69) is 19.7 Å². The number of halogens is 3. The second kappa shape index (κ2) is 10.0. The molecule has 0 aliphatic rings. The molecule has 0 spiro atoms. The number of hydrogen-bond donors (Lipinski definition) is 3. The van der Waals surface area contributed by atoms with Crippen molar-refractivity contribution in [1.82, 2.24) is 15.0 Å². The van der Waals surface area contributed by atoms with Gasteiger partial charge in [0.05, 0.1) is 6.20 Å². The first-order valence-electron chi connectivity index (χ1n) is 11.6. The van der Waals surface area contributed by atoms with Crippen LogP contribution in [0.3, 0.4) is 0 Å². The fourth-order valence-electron chi connectivity index (χ4n) is 4.15. The Labute approximate surface area is 214 Å². The molecular formula is C27H22F3N5O3. The number of rotatable bonds is 7. The van der Waals surface area contributed by atoms with Crippen LogP contribution in [0, 0.1) is 0 Å². The number of alkyl halides is 3. The number of H-pyrrole nitrogens is 1. The molecule has 0 aliphatic heterocycles. The number of pyridine rings is 2. The summed E-state index contributed by atoms with van der Waals surface area (Å²) in [6.45, 7) is 0.262. The zero-order valence-electron chi connectivity index (χ0n) is 19.8. The average molecular weight is 521 g/mol. The molecule has 8 nitrogen and oxygen atoms in total. The number of nitrogen functional groups attached to an aromatic ring is 1. The lowest BCUT2D eigenvalue weighted by atomic mass is 10.0. The summed E-state index contributed by atoms with van der Waals surface area (Å²) in [7, 11) is 0. The van der Waals surface area contributed by atoms with Crippen LogP contribution >= 0.6 is 0 Å². The van der Waals surface area contributed by atoms with E-state index in [1.807, 2.05) is 30.5 Å². The number of anilines is 1. The van der Waals surface area contributed by atoms with Crippen molar-refractivity contribution in [3.63, 3.8) is 0 Å². The molecular weight excluding hydrogens is 499 g/mol. The Balaban J connectivity index is 1.31. The summed E-state index contributed by atoms with van der Waals surface area (Å²) in [5.41, 5.74) is 15.7. The van der Waals surface area contributed by atoms with Crippen LogP contribution in [0.25, 0.3) is 32.8 Å². The number of nitrogens with two attached hydrogens (primary N) is 2. The summed E-state index contributed by atoms with van der Waals surface area (Å²) in [4.78, 5) is 22.4. The molecule has 3 aromatic heterocycles. The second-order valence-corrected chi connectivity index (χ2v) is 8.71. The fourth-order valence-corrected chi connectivity index (χ4v) is 4.15. The molecule has 0 amide bonds. The summed E-state index contributed by atoms with van der Waals surface area (Å²) in [5.74, 6) is -2.49. The highest BCUT2D eigenvalue weighted by Gasteiger charge is 2.41. The van der Waals surface area contributed by atoms with Crippen LogP contribution in [0.2, 0.25) is 0 Å². The molecule has 0 radical (unpaired) electrons. The van der Waals surface area contributed by atoms with Crippen molar-refractivity contribution < 1.29 is 27.4 Å². The van der Waals surface area contributed by atoms with Gasteiger partial charge in [-0.3, -0.25) is 4.98 Å². The molecule has 2 aromatic carbocycles. The van der Waals surface area contributed by atoms with E-state index in [-0.39, 0.29) is 18.5 Å². The number of carbonyl (C=O) groups excluding carboxylic acids is 1. The van der Waals surface area contributed by atoms with Gasteiger partial charge in [0.2, 0.25) is 5.88 Å². The molecule has 0 fully saturated rings. The first kappa shape index (κ1) is 25.0. The summed E-state index contributed by atoms with van der Waals surface area (Å²) < 4.78 is 48.0. The summed E-state index contributed by atoms with van der Waals surface area (Å²) in [6.07, 6.45) is 0.606. The first-order chi connectivity index (χ1) is 18.2. The standard InChI is InChI=1S/C27H22F3N5O3/c28-27(29,30)26(36)38-24-10-16-7-15(5-6-22(16)25(32)35-24)17-9-20(13-33-11-17)37-14-19(31)8-18-12-34-23-4-2-1-3-21(18)23/h1-7,9-13,19,34H,8,14,31H2,(H2,32,35)/t19-/m0/s1. The SMILES string of the molecule is Nc1nc(OC(=O)C(F)(F)F)cc2cc(-c3cncc(OC[C@@H](N)Cc4c[nH]c5ccccc45)c3)ccc12. The number of aromatic amines is 1. The Bertz CT molecular complexity index is 1630. The average Bonchev–Trinajstić information content (AvgIpc) is 3.29. The van der Waals surface area contributed by atoms with Gasteiger partial charge in [-0.2, -0.15) is 18.2 Å². The van der Waals surface area contributed by atoms with Gasteiger partial charge in [-0.05, 0) is 41.1 Å². The number of benzene rings is 2. The third-order valence-corrected chi connectivity index (χ3v) is 5.93. The van der Waals surface area contributed by atoms with Gasteiger partial charge >= 0.3 is 12.1 Å². The minimum atomic E-state index is -5.16. The van der Waals surface area contributed by atoms with E-state index in [4.69, 9.17) is 16.2 Å². The number of aromatic nitrogens is 3. The lowest BCUT2D eigenvalue weighted by Gasteiger charge is -2.14. The van der Waals surface area contributed by atoms with Crippen molar-refractivity contribution in [2.24, 2.45) is 5.73 Å². The predicted molar refractivity (Wildman–Crippen MR) is 137 cm³/mol. The second-order valence-electron chi connectivity index (χ2n) is 8.71. The highest BCUT2D eigenvalue weighted by Crippen LogP contribution is 2.31. The van der Waals surface area contributed by atoms with Gasteiger partial charge in [-0.25, -0.2) is 4.79 Å². The van der Waals surface area contributed by atoms with Gasteiger partial charge in [0.25, 0.3) is 0 Å². The maximum Gasteiger partial charge on any atom is 0.491 e. The number of nitrogens with one attached hydrogen (secondary N) is 1. The summed E-state index contributed by atoms with van der Waals surface area (Å²) in [6, 6.07) is 15.9. The van der Waals surface area contributed by atoms with E-state index < -0.39 is 18.0 Å². The fraction of sp³-hybridized carbons (Fsp3) is 0.148. The van der Waals surface area contributed by atoms with Crippen LogP contribution in [0.15, 0.2) is 73.2 Å². The molecule has 38 heavy (non-hydrogen) atoms. The van der Waals surface area contributed by atoms with E-state index in [0.29, 0.717) is 34.1 Å². The number of carbonyl (C=O) groups is 1. The zero-order valence-corrected chi connectivity index (χ0v) is 19.8. The molecule has 194 valence electrons. The van der Waals surface area contributed by atoms with Crippen molar-refractivity contribution in [3.8, 4) is 22.8 Å². The van der Waals surface area contributed by atoms with Crippen molar-refractivity contribution in [1.29, 1.82) is 0 Å². The van der Waals surface area contributed by atoms with Gasteiger partial charge in [-0.1, -0.05) is 30.3 Å². The summed E-state index contributed by atoms with van der Waals surface area (Å²) in [5, 5.41) is 2.05. The Morgan fingerprint density at radius 2 is 1.84 bits per heavy atom. The number of nitrogens with zero attached hydrogens (tertiary/aromatic N) is 2. The normalized spacial score (nSPS) is 12.5. The van der Waals surface area contributed by atoms with Crippen LogP contribution in [-0.2, 0) is 11.2 Å². The van der Waals surface area contributed by atoms with Crippen LogP contribution in [0.1, 0.15) is 5.56 Å². The molecule has 0 unspecified atom stereocenters. The topological polar surface area (TPSA) is 129 Å². The Hall–Kier alpha value is -4.64. The van der Waals surface area contributed by atoms with E-state index in [0.717, 1.165) is 16.5 Å². The summed E-state index contributed by atoms with van der Waals surface area (Å²) >= 11 is 0. The molecule has 1 atom stereocenters. The molecule has 5 N–H and O–H groups in total. The zero-order chi connectivity index (χ0) is 26.9. The van der Waals surface area contributed by atoms with Crippen LogP contribution < -0.4 is 20.9 Å². The highest BCUT2D eigenvalue weighted by atomic mass is 19.4. The number of fused-ring (bicyclic) bond motifs is 2. The van der Waals surface area contributed by atoms with Crippen LogP contribution in [0.5, 0.6) is 11.6 Å². The first-order valence-corrected chi connectivity index (χ1v) is 11.6. The number of hydrogen-bond acceptors (Lipinski definition) is 7. The Morgan fingerprint density at radius 3 is 2.66 bits per heavy atom. The molecule has 3 heterocycles. The minimum absolute atomic E-state index is 0.0709. The number of para-hydroxylation sites is 1. The van der Waals surface area contributed by atoms with Gasteiger partial charge in [-0.15, -0.1) is 0 Å². The predicted octanol–water partition coefficient (Wildman–Crippen LogP) is 4.78. The van der Waals surface area contributed by atoms with E-state index >= 15 is 0 Å². The molecule has 5 rings (SSSR count). The molecule has 0 saturated heterocycles. The van der Waals surface area contributed by atoms with Gasteiger partial charge in [0.15, 0.2) is 0 Å². The number of esters is 1. The third-order valence-electron chi connectivity index (χ3n) is 5.93. The molecule has 0 saturated carbocycles. The van der Waals surface area contributed by atoms with Gasteiger partial charge < -0.3 is 25.9 Å². The lowest BCUT2D eigenvalue weighted by molar-refractivity contribution is -0.189. The lowest BCUT2D eigenvalue weighted by Crippen LogP contribution is -2.30. The van der Waals surface area contributed by atoms with Crippen molar-refractivity contribution in [3.05, 3.63) is 78.8 Å².